The van der Waals surface area contributed by atoms with Crippen molar-refractivity contribution in [2.75, 3.05) is 12.8 Å². The number of esters is 1. The fourth-order valence-corrected chi connectivity index (χ4v) is 1.98. The molecule has 0 fully saturated rings. The average Bonchev–Trinajstić information content (AvgIpc) is 2.85. The summed E-state index contributed by atoms with van der Waals surface area (Å²) in [5.74, 6) is -0.0353. The largest absolute Gasteiger partial charge is 0.496 e. The molecule has 0 aliphatic heterocycles. The molecule has 0 saturated carbocycles. The molecular formula is C15H19N3O3. The second kappa shape index (κ2) is 6.30. The summed E-state index contributed by atoms with van der Waals surface area (Å²) in [7, 11) is 3.32. The third-order valence-corrected chi connectivity index (χ3v) is 3.18. The van der Waals surface area contributed by atoms with E-state index >= 15 is 0 Å². The van der Waals surface area contributed by atoms with Crippen LogP contribution in [0.3, 0.4) is 0 Å². The molecule has 2 N–H and O–H groups in total. The molecule has 6 nitrogen and oxygen atoms in total. The van der Waals surface area contributed by atoms with Crippen molar-refractivity contribution in [1.29, 1.82) is 0 Å². The highest BCUT2D eigenvalue weighted by Gasteiger charge is 2.15. The summed E-state index contributed by atoms with van der Waals surface area (Å²) in [4.78, 5) is 12.2. The molecule has 0 saturated heterocycles. The second-order valence-electron chi connectivity index (χ2n) is 4.64. The lowest BCUT2D eigenvalue weighted by Crippen LogP contribution is -2.09. The number of carbonyl (C=O) groups excluding carboxylic acids is 1. The SMILES string of the molecule is CCc1cc(COC(=O)c2cc(N)ccc2OC)n(C)n1. The van der Waals surface area contributed by atoms with E-state index < -0.39 is 5.97 Å². The third kappa shape index (κ3) is 3.34. The quantitative estimate of drug-likeness (QED) is 0.672. The molecule has 0 amide bonds. The number of carbonyl (C=O) groups is 1. The predicted octanol–water partition coefficient (Wildman–Crippen LogP) is 1.93. The number of nitrogens with two attached hydrogens (primary N) is 1. The number of anilines is 1. The van der Waals surface area contributed by atoms with E-state index in [9.17, 15) is 4.79 Å². The Hall–Kier alpha value is -2.50. The summed E-state index contributed by atoms with van der Waals surface area (Å²) < 4.78 is 12.2. The van der Waals surface area contributed by atoms with E-state index in [1.165, 1.54) is 7.11 Å². The molecule has 0 aliphatic rings. The Balaban J connectivity index is 2.11. The van der Waals surface area contributed by atoms with Gasteiger partial charge in [-0.05, 0) is 30.7 Å². The molecule has 112 valence electrons. The Labute approximate surface area is 123 Å². The topological polar surface area (TPSA) is 79.4 Å². The number of rotatable bonds is 5. The normalized spacial score (nSPS) is 10.4. The molecule has 1 aromatic carbocycles. The van der Waals surface area contributed by atoms with Crippen molar-refractivity contribution in [3.63, 3.8) is 0 Å². The monoisotopic (exact) mass is 289 g/mol. The highest BCUT2D eigenvalue weighted by molar-refractivity contribution is 5.93. The van der Waals surface area contributed by atoms with Crippen LogP contribution in [0.1, 0.15) is 28.7 Å². The zero-order valence-electron chi connectivity index (χ0n) is 12.4. The van der Waals surface area contributed by atoms with Gasteiger partial charge in [0, 0.05) is 12.7 Å². The van der Waals surface area contributed by atoms with Gasteiger partial charge in [0.25, 0.3) is 0 Å². The summed E-state index contributed by atoms with van der Waals surface area (Å²) in [6, 6.07) is 6.78. The van der Waals surface area contributed by atoms with Gasteiger partial charge in [-0.1, -0.05) is 6.92 Å². The molecule has 1 heterocycles. The first-order chi connectivity index (χ1) is 10.0. The Bertz CT molecular complexity index is 650. The van der Waals surface area contributed by atoms with E-state index in [-0.39, 0.29) is 6.61 Å². The van der Waals surface area contributed by atoms with Crippen LogP contribution in [-0.2, 0) is 24.8 Å². The maximum absolute atomic E-state index is 12.2. The number of methoxy groups -OCH3 is 1. The number of nitrogens with zero attached hydrogens (tertiary/aromatic N) is 2. The molecule has 2 aromatic rings. The Kier molecular flexibility index (Phi) is 4.47. The maximum atomic E-state index is 12.2. The second-order valence-corrected chi connectivity index (χ2v) is 4.64. The first kappa shape index (κ1) is 14.9. The molecular weight excluding hydrogens is 270 g/mol. The number of aromatic nitrogens is 2. The van der Waals surface area contributed by atoms with Crippen LogP contribution in [0.15, 0.2) is 24.3 Å². The first-order valence-electron chi connectivity index (χ1n) is 6.67. The molecule has 0 unspecified atom stereocenters. The predicted molar refractivity (Wildman–Crippen MR) is 79.1 cm³/mol. The van der Waals surface area contributed by atoms with Crippen molar-refractivity contribution in [3.8, 4) is 5.75 Å². The molecule has 0 spiro atoms. The number of hydrogen-bond acceptors (Lipinski definition) is 5. The number of hydrogen-bond donors (Lipinski definition) is 1. The fraction of sp³-hybridized carbons (Fsp3) is 0.333. The van der Waals surface area contributed by atoms with Crippen LogP contribution in [0, 0.1) is 0 Å². The van der Waals surface area contributed by atoms with Crippen molar-refractivity contribution >= 4 is 11.7 Å². The van der Waals surface area contributed by atoms with Crippen LogP contribution in [0.4, 0.5) is 5.69 Å². The van der Waals surface area contributed by atoms with Crippen molar-refractivity contribution in [3.05, 3.63) is 41.2 Å². The van der Waals surface area contributed by atoms with Crippen molar-refractivity contribution in [1.82, 2.24) is 9.78 Å². The van der Waals surface area contributed by atoms with Crippen LogP contribution in [0.2, 0.25) is 0 Å². The van der Waals surface area contributed by atoms with Gasteiger partial charge in [0.15, 0.2) is 0 Å². The average molecular weight is 289 g/mol. The Morgan fingerprint density at radius 3 is 2.76 bits per heavy atom. The third-order valence-electron chi connectivity index (χ3n) is 3.18. The summed E-state index contributed by atoms with van der Waals surface area (Å²) in [6.07, 6.45) is 0.838. The van der Waals surface area contributed by atoms with Crippen LogP contribution in [-0.4, -0.2) is 22.9 Å². The molecule has 0 aliphatic carbocycles. The fourth-order valence-electron chi connectivity index (χ4n) is 1.98. The Morgan fingerprint density at radius 1 is 1.38 bits per heavy atom. The zero-order valence-corrected chi connectivity index (χ0v) is 12.4. The minimum absolute atomic E-state index is 0.153. The van der Waals surface area contributed by atoms with E-state index in [1.807, 2.05) is 20.0 Å². The number of benzene rings is 1. The van der Waals surface area contributed by atoms with Gasteiger partial charge in [-0.3, -0.25) is 4.68 Å². The van der Waals surface area contributed by atoms with Crippen molar-refractivity contribution in [2.24, 2.45) is 7.05 Å². The van der Waals surface area contributed by atoms with E-state index in [0.717, 1.165) is 17.8 Å². The molecule has 0 atom stereocenters. The van der Waals surface area contributed by atoms with Gasteiger partial charge in [0.1, 0.15) is 17.9 Å². The summed E-state index contributed by atoms with van der Waals surface area (Å²) in [5.41, 5.74) is 8.29. The molecule has 21 heavy (non-hydrogen) atoms. The minimum atomic E-state index is -0.474. The molecule has 2 rings (SSSR count). The minimum Gasteiger partial charge on any atom is -0.496 e. The van der Waals surface area contributed by atoms with Gasteiger partial charge in [-0.25, -0.2) is 4.79 Å². The van der Waals surface area contributed by atoms with Crippen LogP contribution >= 0.6 is 0 Å². The molecule has 6 heteroatoms. The molecule has 0 bridgehead atoms. The van der Waals surface area contributed by atoms with Gasteiger partial charge in [0.2, 0.25) is 0 Å². The lowest BCUT2D eigenvalue weighted by Gasteiger charge is -2.09. The summed E-state index contributed by atoms with van der Waals surface area (Å²) in [5, 5.41) is 4.31. The molecule has 0 radical (unpaired) electrons. The van der Waals surface area contributed by atoms with Crippen molar-refractivity contribution in [2.45, 2.75) is 20.0 Å². The van der Waals surface area contributed by atoms with Crippen molar-refractivity contribution < 1.29 is 14.3 Å². The first-order valence-corrected chi connectivity index (χ1v) is 6.67. The van der Waals surface area contributed by atoms with E-state index in [2.05, 4.69) is 5.10 Å². The standard InChI is InChI=1S/C15H19N3O3/c1-4-11-8-12(18(2)17-11)9-21-15(19)13-7-10(16)5-6-14(13)20-3/h5-8H,4,9,16H2,1-3H3. The van der Waals surface area contributed by atoms with Gasteiger partial charge in [0.05, 0.1) is 18.5 Å². The number of nitrogen functional groups attached to an aromatic ring is 1. The van der Waals surface area contributed by atoms with E-state index in [1.54, 1.807) is 22.9 Å². The zero-order chi connectivity index (χ0) is 15.4. The lowest BCUT2D eigenvalue weighted by atomic mass is 10.2. The Morgan fingerprint density at radius 2 is 2.14 bits per heavy atom. The van der Waals surface area contributed by atoms with Crippen LogP contribution < -0.4 is 10.5 Å². The van der Waals surface area contributed by atoms with Crippen LogP contribution in [0.5, 0.6) is 5.75 Å². The lowest BCUT2D eigenvalue weighted by molar-refractivity contribution is 0.0460. The molecule has 1 aromatic heterocycles. The number of ether oxygens (including phenoxy) is 2. The van der Waals surface area contributed by atoms with E-state index in [4.69, 9.17) is 15.2 Å². The number of aryl methyl sites for hydroxylation is 2. The summed E-state index contributed by atoms with van der Waals surface area (Å²) >= 11 is 0. The van der Waals surface area contributed by atoms with Gasteiger partial charge >= 0.3 is 5.97 Å². The highest BCUT2D eigenvalue weighted by Crippen LogP contribution is 2.22. The van der Waals surface area contributed by atoms with Gasteiger partial charge < -0.3 is 15.2 Å². The van der Waals surface area contributed by atoms with Gasteiger partial charge in [-0.2, -0.15) is 5.10 Å². The smallest absolute Gasteiger partial charge is 0.342 e. The van der Waals surface area contributed by atoms with E-state index in [0.29, 0.717) is 17.0 Å². The maximum Gasteiger partial charge on any atom is 0.342 e. The van der Waals surface area contributed by atoms with Crippen LogP contribution in [0.25, 0.3) is 0 Å². The highest BCUT2D eigenvalue weighted by atomic mass is 16.5. The summed E-state index contributed by atoms with van der Waals surface area (Å²) in [6.45, 7) is 2.18. The van der Waals surface area contributed by atoms with Gasteiger partial charge in [-0.15, -0.1) is 0 Å².